The molecule has 1 aliphatic rings. The molecule has 1 aliphatic carbocycles. The first kappa shape index (κ1) is 18.6. The highest BCUT2D eigenvalue weighted by molar-refractivity contribution is 6.02. The first-order valence-electron chi connectivity index (χ1n) is 8.79. The van der Waals surface area contributed by atoms with Crippen LogP contribution in [-0.2, 0) is 16.1 Å². The lowest BCUT2D eigenvalue weighted by Crippen LogP contribution is -2.48. The lowest BCUT2D eigenvalue weighted by atomic mass is 9.98. The maximum Gasteiger partial charge on any atom is 0.359 e. The molecule has 0 aliphatic heterocycles. The number of hydrogen-bond acceptors (Lipinski definition) is 6. The molecule has 3 rings (SSSR count). The third-order valence-electron chi connectivity index (χ3n) is 4.72. The van der Waals surface area contributed by atoms with E-state index in [-0.39, 0.29) is 17.2 Å². The Labute approximate surface area is 155 Å². The van der Waals surface area contributed by atoms with E-state index < -0.39 is 24.0 Å². The summed E-state index contributed by atoms with van der Waals surface area (Å²) in [6, 6.07) is 8.73. The molecule has 0 saturated heterocycles. The van der Waals surface area contributed by atoms with Crippen LogP contribution in [0.4, 0.5) is 0 Å². The lowest BCUT2D eigenvalue weighted by Gasteiger charge is -2.22. The number of nitrogens with one attached hydrogen (secondary N) is 1. The zero-order valence-corrected chi connectivity index (χ0v) is 15.2. The molecule has 0 radical (unpaired) electrons. The van der Waals surface area contributed by atoms with Crippen LogP contribution < -0.4 is 10.9 Å². The van der Waals surface area contributed by atoms with Crippen LogP contribution in [0.1, 0.15) is 37.2 Å². The summed E-state index contributed by atoms with van der Waals surface area (Å²) >= 11 is 0. The molecule has 1 aromatic carbocycles. The summed E-state index contributed by atoms with van der Waals surface area (Å²) in [5, 5.41) is 16.7. The fourth-order valence-electron chi connectivity index (χ4n) is 3.01. The van der Waals surface area contributed by atoms with Crippen LogP contribution in [0.5, 0.6) is 0 Å². The summed E-state index contributed by atoms with van der Waals surface area (Å²) in [7, 11) is 0. The first-order valence-corrected chi connectivity index (χ1v) is 8.79. The minimum Gasteiger partial charge on any atom is -0.451 e. The van der Waals surface area contributed by atoms with Crippen LogP contribution in [0.2, 0.25) is 0 Å². The Hall–Kier alpha value is -3.21. The van der Waals surface area contributed by atoms with Crippen molar-refractivity contribution in [1.82, 2.24) is 15.1 Å². The van der Waals surface area contributed by atoms with Crippen LogP contribution in [-0.4, -0.2) is 33.8 Å². The number of amides is 1. The molecule has 1 atom stereocenters. The molecule has 0 unspecified atom stereocenters. The number of benzene rings is 1. The van der Waals surface area contributed by atoms with Gasteiger partial charge < -0.3 is 10.1 Å². The molecule has 1 aromatic heterocycles. The normalized spacial score (nSPS) is 15.6. The van der Waals surface area contributed by atoms with Crippen molar-refractivity contribution < 1.29 is 14.3 Å². The third kappa shape index (κ3) is 3.67. The minimum atomic E-state index is -0.954. The van der Waals surface area contributed by atoms with E-state index in [0.717, 1.165) is 12.8 Å². The summed E-state index contributed by atoms with van der Waals surface area (Å²) in [6.45, 7) is 3.18. The predicted octanol–water partition coefficient (Wildman–Crippen LogP) is 1.38. The van der Waals surface area contributed by atoms with Gasteiger partial charge in [-0.2, -0.15) is 10.4 Å². The fourth-order valence-corrected chi connectivity index (χ4v) is 3.01. The highest BCUT2D eigenvalue weighted by Crippen LogP contribution is 2.39. The van der Waals surface area contributed by atoms with Crippen molar-refractivity contribution in [3.63, 3.8) is 0 Å². The Morgan fingerprint density at radius 3 is 2.63 bits per heavy atom. The molecular formula is C19H20N4O4. The standard InChI is InChI=1S/C19H20N4O4/c1-3-23-17(25)14-7-5-4-6-13(14)16(22-23)18(26)27-10-15(24)21-19(2,11-20)12-8-9-12/h4-7,12H,3,8-10H2,1-2H3,(H,21,24)/t19-/m0/s1. The molecule has 1 fully saturated rings. The van der Waals surface area contributed by atoms with E-state index in [2.05, 4.69) is 16.5 Å². The lowest BCUT2D eigenvalue weighted by molar-refractivity contribution is -0.125. The quantitative estimate of drug-likeness (QED) is 0.771. The number of carbonyl (C=O) groups excluding carboxylic acids is 2. The molecule has 0 bridgehead atoms. The number of ether oxygens (including phenoxy) is 1. The first-order chi connectivity index (χ1) is 12.9. The highest BCUT2D eigenvalue weighted by atomic mass is 16.5. The van der Waals surface area contributed by atoms with Gasteiger partial charge in [0.15, 0.2) is 12.3 Å². The third-order valence-corrected chi connectivity index (χ3v) is 4.72. The highest BCUT2D eigenvalue weighted by Gasteiger charge is 2.43. The van der Waals surface area contributed by atoms with Crippen molar-refractivity contribution in [2.75, 3.05) is 6.61 Å². The Balaban J connectivity index is 1.77. The van der Waals surface area contributed by atoms with Gasteiger partial charge in [-0.3, -0.25) is 9.59 Å². The molecule has 1 saturated carbocycles. The van der Waals surface area contributed by atoms with Gasteiger partial charge >= 0.3 is 5.97 Å². The second kappa shape index (κ2) is 7.19. The number of hydrogen-bond donors (Lipinski definition) is 1. The summed E-state index contributed by atoms with van der Waals surface area (Å²) < 4.78 is 6.27. The van der Waals surface area contributed by atoms with Crippen LogP contribution in [0.3, 0.4) is 0 Å². The summed E-state index contributed by atoms with van der Waals surface area (Å²) in [4.78, 5) is 36.9. The van der Waals surface area contributed by atoms with Gasteiger partial charge in [0.1, 0.15) is 5.54 Å². The van der Waals surface area contributed by atoms with E-state index in [1.54, 1.807) is 38.1 Å². The topological polar surface area (TPSA) is 114 Å². The maximum atomic E-state index is 12.5. The van der Waals surface area contributed by atoms with Gasteiger partial charge in [0.25, 0.3) is 11.5 Å². The predicted molar refractivity (Wildman–Crippen MR) is 96.8 cm³/mol. The van der Waals surface area contributed by atoms with E-state index in [1.165, 1.54) is 4.68 Å². The Bertz CT molecular complexity index is 1000. The van der Waals surface area contributed by atoms with Gasteiger partial charge in [-0.25, -0.2) is 9.48 Å². The number of esters is 1. The van der Waals surface area contributed by atoms with E-state index in [0.29, 0.717) is 17.3 Å². The molecule has 0 spiro atoms. The summed E-state index contributed by atoms with van der Waals surface area (Å²) in [5.74, 6) is -1.22. The van der Waals surface area contributed by atoms with Crippen molar-refractivity contribution in [2.45, 2.75) is 38.8 Å². The van der Waals surface area contributed by atoms with E-state index in [1.807, 2.05) is 0 Å². The Morgan fingerprint density at radius 2 is 2.04 bits per heavy atom. The van der Waals surface area contributed by atoms with Gasteiger partial charge in [-0.05, 0) is 38.7 Å². The van der Waals surface area contributed by atoms with E-state index in [4.69, 9.17) is 4.74 Å². The fraction of sp³-hybridized carbons (Fsp3) is 0.421. The molecule has 27 heavy (non-hydrogen) atoms. The minimum absolute atomic E-state index is 0.0231. The van der Waals surface area contributed by atoms with Gasteiger partial charge in [-0.15, -0.1) is 0 Å². The van der Waals surface area contributed by atoms with Gasteiger partial charge in [-0.1, -0.05) is 18.2 Å². The molecule has 8 nitrogen and oxygen atoms in total. The van der Waals surface area contributed by atoms with Gasteiger partial charge in [0, 0.05) is 11.9 Å². The number of carbonyl (C=O) groups is 2. The Kier molecular flexibility index (Phi) is 4.95. The smallest absolute Gasteiger partial charge is 0.359 e. The van der Waals surface area contributed by atoms with Crippen molar-refractivity contribution in [3.8, 4) is 6.07 Å². The van der Waals surface area contributed by atoms with Gasteiger partial charge in [0.05, 0.1) is 11.5 Å². The monoisotopic (exact) mass is 368 g/mol. The van der Waals surface area contributed by atoms with Gasteiger partial charge in [0.2, 0.25) is 0 Å². The van der Waals surface area contributed by atoms with E-state index in [9.17, 15) is 19.6 Å². The maximum absolute atomic E-state index is 12.5. The molecule has 1 amide bonds. The molecule has 1 N–H and O–H groups in total. The molecule has 2 aromatic rings. The largest absolute Gasteiger partial charge is 0.451 e. The average molecular weight is 368 g/mol. The number of rotatable bonds is 6. The van der Waals surface area contributed by atoms with Crippen LogP contribution in [0, 0.1) is 17.2 Å². The zero-order chi connectivity index (χ0) is 19.6. The second-order valence-electron chi connectivity index (χ2n) is 6.73. The molecule has 8 heteroatoms. The molecule has 1 heterocycles. The van der Waals surface area contributed by atoms with Crippen molar-refractivity contribution in [3.05, 3.63) is 40.3 Å². The number of nitriles is 1. The number of aryl methyl sites for hydroxylation is 1. The van der Waals surface area contributed by atoms with Crippen molar-refractivity contribution >= 4 is 22.6 Å². The van der Waals surface area contributed by atoms with Crippen molar-refractivity contribution in [1.29, 1.82) is 5.26 Å². The summed E-state index contributed by atoms with van der Waals surface area (Å²) in [5.41, 5.74) is -1.27. The number of fused-ring (bicyclic) bond motifs is 1. The summed E-state index contributed by atoms with van der Waals surface area (Å²) in [6.07, 6.45) is 1.77. The van der Waals surface area contributed by atoms with Crippen LogP contribution >= 0.6 is 0 Å². The van der Waals surface area contributed by atoms with Crippen LogP contribution in [0.25, 0.3) is 10.8 Å². The van der Waals surface area contributed by atoms with Crippen LogP contribution in [0.15, 0.2) is 29.1 Å². The zero-order valence-electron chi connectivity index (χ0n) is 15.2. The molecule has 140 valence electrons. The SMILES string of the molecule is CCn1nc(C(=O)OCC(=O)N[C@@](C)(C#N)C2CC2)c2ccccc2c1=O. The van der Waals surface area contributed by atoms with E-state index >= 15 is 0 Å². The molecular weight excluding hydrogens is 348 g/mol. The average Bonchev–Trinajstić information content (AvgIpc) is 3.52. The number of aromatic nitrogens is 2. The second-order valence-corrected chi connectivity index (χ2v) is 6.73. The number of nitrogens with zero attached hydrogens (tertiary/aromatic N) is 3. The Morgan fingerprint density at radius 1 is 1.37 bits per heavy atom. The van der Waals surface area contributed by atoms with Crippen molar-refractivity contribution in [2.24, 2.45) is 5.92 Å².